The van der Waals surface area contributed by atoms with Crippen molar-refractivity contribution in [2.75, 3.05) is 6.61 Å². The SMILES string of the molecule is Cc1nccn1-c1ccc(F)cc1CNC(=O)C1CCCO1. The number of hydrogen-bond donors (Lipinski definition) is 1. The number of carbonyl (C=O) groups is 1. The summed E-state index contributed by atoms with van der Waals surface area (Å²) in [4.78, 5) is 16.2. The fourth-order valence-electron chi connectivity index (χ4n) is 2.64. The molecule has 22 heavy (non-hydrogen) atoms. The number of ether oxygens (including phenoxy) is 1. The third-order valence-electron chi connectivity index (χ3n) is 3.80. The molecule has 1 unspecified atom stereocenters. The zero-order valence-corrected chi connectivity index (χ0v) is 12.4. The van der Waals surface area contributed by atoms with Crippen LogP contribution in [0.1, 0.15) is 24.2 Å². The van der Waals surface area contributed by atoms with Crippen molar-refractivity contribution >= 4 is 5.91 Å². The summed E-state index contributed by atoms with van der Waals surface area (Å²) in [6.07, 6.45) is 4.76. The molecule has 1 saturated heterocycles. The zero-order chi connectivity index (χ0) is 15.5. The van der Waals surface area contributed by atoms with Crippen LogP contribution in [0.5, 0.6) is 0 Å². The number of aromatic nitrogens is 2. The lowest BCUT2D eigenvalue weighted by Crippen LogP contribution is -2.33. The van der Waals surface area contributed by atoms with Crippen molar-refractivity contribution in [1.29, 1.82) is 0 Å². The summed E-state index contributed by atoms with van der Waals surface area (Å²) >= 11 is 0. The number of halogens is 1. The van der Waals surface area contributed by atoms with Crippen molar-refractivity contribution in [2.45, 2.75) is 32.4 Å². The van der Waals surface area contributed by atoms with Gasteiger partial charge in [-0.25, -0.2) is 9.37 Å². The van der Waals surface area contributed by atoms with Gasteiger partial charge >= 0.3 is 0 Å². The van der Waals surface area contributed by atoms with Gasteiger partial charge in [-0.3, -0.25) is 4.79 Å². The van der Waals surface area contributed by atoms with Crippen molar-refractivity contribution in [3.05, 3.63) is 47.8 Å². The van der Waals surface area contributed by atoms with Gasteiger partial charge in [-0.2, -0.15) is 0 Å². The van der Waals surface area contributed by atoms with E-state index < -0.39 is 0 Å². The number of carbonyl (C=O) groups excluding carboxylic acids is 1. The van der Waals surface area contributed by atoms with Crippen LogP contribution in [0.15, 0.2) is 30.6 Å². The van der Waals surface area contributed by atoms with E-state index in [4.69, 9.17) is 4.74 Å². The standard InChI is InChI=1S/C16H18FN3O2/c1-11-18-6-7-20(11)14-5-4-13(17)9-12(14)10-19-16(21)15-3-2-8-22-15/h4-7,9,15H,2-3,8,10H2,1H3,(H,19,21). The summed E-state index contributed by atoms with van der Waals surface area (Å²) in [6.45, 7) is 2.75. The average molecular weight is 303 g/mol. The van der Waals surface area contributed by atoms with E-state index in [0.717, 1.165) is 24.4 Å². The highest BCUT2D eigenvalue weighted by atomic mass is 19.1. The van der Waals surface area contributed by atoms with Gasteiger partial charge in [0.2, 0.25) is 5.91 Å². The molecule has 5 nitrogen and oxygen atoms in total. The molecular weight excluding hydrogens is 285 g/mol. The molecule has 1 atom stereocenters. The molecule has 6 heteroatoms. The maximum atomic E-state index is 13.6. The molecule has 1 aliphatic heterocycles. The molecule has 1 aromatic carbocycles. The molecule has 1 fully saturated rings. The van der Waals surface area contributed by atoms with Crippen molar-refractivity contribution < 1.29 is 13.9 Å². The van der Waals surface area contributed by atoms with Crippen LogP contribution >= 0.6 is 0 Å². The monoisotopic (exact) mass is 303 g/mol. The van der Waals surface area contributed by atoms with Gasteiger partial charge < -0.3 is 14.6 Å². The molecule has 1 aliphatic rings. The molecule has 0 aliphatic carbocycles. The second-order valence-electron chi connectivity index (χ2n) is 5.34. The Kier molecular flexibility index (Phi) is 4.20. The largest absolute Gasteiger partial charge is 0.368 e. The van der Waals surface area contributed by atoms with Gasteiger partial charge in [0.1, 0.15) is 17.7 Å². The Balaban J connectivity index is 1.79. The van der Waals surface area contributed by atoms with E-state index in [-0.39, 0.29) is 24.4 Å². The number of amides is 1. The molecule has 1 N–H and O–H groups in total. The van der Waals surface area contributed by atoms with Crippen LogP contribution in [-0.4, -0.2) is 28.2 Å². The number of imidazole rings is 1. The van der Waals surface area contributed by atoms with Gasteiger partial charge in [0.15, 0.2) is 0 Å². The van der Waals surface area contributed by atoms with E-state index in [1.165, 1.54) is 12.1 Å². The van der Waals surface area contributed by atoms with E-state index in [9.17, 15) is 9.18 Å². The van der Waals surface area contributed by atoms with Crippen molar-refractivity contribution in [3.8, 4) is 5.69 Å². The van der Waals surface area contributed by atoms with Crippen molar-refractivity contribution in [2.24, 2.45) is 0 Å². The lowest BCUT2D eigenvalue weighted by molar-refractivity contribution is -0.130. The molecule has 0 bridgehead atoms. The van der Waals surface area contributed by atoms with Gasteiger partial charge in [0, 0.05) is 25.5 Å². The number of nitrogens with zero attached hydrogens (tertiary/aromatic N) is 2. The molecule has 3 rings (SSSR count). The van der Waals surface area contributed by atoms with Gasteiger partial charge in [0.25, 0.3) is 0 Å². The Morgan fingerprint density at radius 1 is 1.55 bits per heavy atom. The third kappa shape index (κ3) is 3.01. The lowest BCUT2D eigenvalue weighted by atomic mass is 10.1. The molecule has 1 aromatic heterocycles. The fourth-order valence-corrected chi connectivity index (χ4v) is 2.64. The van der Waals surface area contributed by atoms with E-state index in [1.54, 1.807) is 12.3 Å². The fraction of sp³-hybridized carbons (Fsp3) is 0.375. The Morgan fingerprint density at radius 3 is 3.09 bits per heavy atom. The Bertz CT molecular complexity index is 678. The zero-order valence-electron chi connectivity index (χ0n) is 12.4. The lowest BCUT2D eigenvalue weighted by Gasteiger charge is -2.14. The highest BCUT2D eigenvalue weighted by Gasteiger charge is 2.23. The molecule has 0 spiro atoms. The summed E-state index contributed by atoms with van der Waals surface area (Å²) in [5.41, 5.74) is 1.51. The van der Waals surface area contributed by atoms with E-state index in [0.29, 0.717) is 12.2 Å². The van der Waals surface area contributed by atoms with Gasteiger partial charge in [-0.15, -0.1) is 0 Å². The summed E-state index contributed by atoms with van der Waals surface area (Å²) < 4.78 is 20.8. The first-order chi connectivity index (χ1) is 10.6. The minimum atomic E-state index is -0.382. The molecule has 1 amide bonds. The average Bonchev–Trinajstić information content (AvgIpc) is 3.16. The predicted octanol–water partition coefficient (Wildman–Crippen LogP) is 2.12. The molecule has 0 radical (unpaired) electrons. The highest BCUT2D eigenvalue weighted by Crippen LogP contribution is 2.18. The van der Waals surface area contributed by atoms with Crippen LogP contribution < -0.4 is 5.32 Å². The van der Waals surface area contributed by atoms with E-state index >= 15 is 0 Å². The number of nitrogens with one attached hydrogen (secondary N) is 1. The molecule has 0 saturated carbocycles. The van der Waals surface area contributed by atoms with Crippen LogP contribution in [-0.2, 0) is 16.1 Å². The Morgan fingerprint density at radius 2 is 2.41 bits per heavy atom. The Labute approximate surface area is 128 Å². The van der Waals surface area contributed by atoms with Gasteiger partial charge in [0.05, 0.1) is 5.69 Å². The van der Waals surface area contributed by atoms with Gasteiger partial charge in [-0.05, 0) is 43.5 Å². The molecule has 2 heterocycles. The first-order valence-corrected chi connectivity index (χ1v) is 7.33. The summed E-state index contributed by atoms with van der Waals surface area (Å²) in [5, 5.41) is 2.83. The predicted molar refractivity (Wildman–Crippen MR) is 79.1 cm³/mol. The normalized spacial score (nSPS) is 17.6. The highest BCUT2D eigenvalue weighted by molar-refractivity contribution is 5.81. The first-order valence-electron chi connectivity index (χ1n) is 7.33. The van der Waals surface area contributed by atoms with E-state index in [2.05, 4.69) is 10.3 Å². The van der Waals surface area contributed by atoms with Gasteiger partial charge in [-0.1, -0.05) is 0 Å². The molecular formula is C16H18FN3O2. The van der Waals surface area contributed by atoms with Crippen molar-refractivity contribution in [3.63, 3.8) is 0 Å². The number of rotatable bonds is 4. The first kappa shape index (κ1) is 14.7. The minimum Gasteiger partial charge on any atom is -0.368 e. The van der Waals surface area contributed by atoms with Crippen LogP contribution in [0, 0.1) is 12.7 Å². The Hall–Kier alpha value is -2.21. The second kappa shape index (κ2) is 6.27. The number of aryl methyl sites for hydroxylation is 1. The maximum absolute atomic E-state index is 13.6. The summed E-state index contributed by atoms with van der Waals surface area (Å²) in [6, 6.07) is 4.53. The van der Waals surface area contributed by atoms with Crippen LogP contribution in [0.3, 0.4) is 0 Å². The number of benzene rings is 1. The summed E-state index contributed by atoms with van der Waals surface area (Å²) in [5.74, 6) is 0.330. The topological polar surface area (TPSA) is 56.2 Å². The van der Waals surface area contributed by atoms with Crippen LogP contribution in [0.2, 0.25) is 0 Å². The van der Waals surface area contributed by atoms with E-state index in [1.807, 2.05) is 17.7 Å². The summed E-state index contributed by atoms with van der Waals surface area (Å²) in [7, 11) is 0. The molecule has 116 valence electrons. The number of hydrogen-bond acceptors (Lipinski definition) is 3. The third-order valence-corrected chi connectivity index (χ3v) is 3.80. The van der Waals surface area contributed by atoms with Crippen LogP contribution in [0.25, 0.3) is 5.69 Å². The molecule has 2 aromatic rings. The van der Waals surface area contributed by atoms with Crippen molar-refractivity contribution in [1.82, 2.24) is 14.9 Å². The minimum absolute atomic E-state index is 0.143. The van der Waals surface area contributed by atoms with Crippen LogP contribution in [0.4, 0.5) is 4.39 Å². The smallest absolute Gasteiger partial charge is 0.249 e. The quantitative estimate of drug-likeness (QED) is 0.941. The second-order valence-corrected chi connectivity index (χ2v) is 5.34. The maximum Gasteiger partial charge on any atom is 0.249 e.